The van der Waals surface area contributed by atoms with Crippen LogP contribution in [-0.4, -0.2) is 81.0 Å². The van der Waals surface area contributed by atoms with Gasteiger partial charge in [0, 0.05) is 64.6 Å². The van der Waals surface area contributed by atoms with E-state index >= 15 is 0 Å². The fourth-order valence-corrected chi connectivity index (χ4v) is 5.94. The van der Waals surface area contributed by atoms with Crippen LogP contribution in [0.15, 0.2) is 42.6 Å². The molecule has 4 rings (SSSR count). The van der Waals surface area contributed by atoms with Gasteiger partial charge in [-0.3, -0.25) is 0 Å². The molecule has 1 aromatic heterocycles. The van der Waals surface area contributed by atoms with Gasteiger partial charge < -0.3 is 24.4 Å². The summed E-state index contributed by atoms with van der Waals surface area (Å²) in [7, 11) is 2.91. The Bertz CT molecular complexity index is 1280. The zero-order valence-corrected chi connectivity index (χ0v) is 25.5. The fraction of sp³-hybridized carbons (Fsp3) is 0.533. The maximum atomic E-state index is 13.7. The Hall–Kier alpha value is -2.95. The van der Waals surface area contributed by atoms with Crippen molar-refractivity contribution in [2.75, 3.05) is 51.9 Å². The van der Waals surface area contributed by atoms with Crippen molar-refractivity contribution >= 4 is 30.8 Å². The minimum Gasteiger partial charge on any atom is -0.465 e. The second-order valence-corrected chi connectivity index (χ2v) is 17.9. The van der Waals surface area contributed by atoms with Gasteiger partial charge in [0.2, 0.25) is 0 Å². The van der Waals surface area contributed by atoms with Crippen LogP contribution in [0.2, 0.25) is 25.7 Å². The molecule has 40 heavy (non-hydrogen) atoms. The van der Waals surface area contributed by atoms with E-state index in [4.69, 9.17) is 14.6 Å². The Morgan fingerprint density at radius 2 is 1.80 bits per heavy atom. The van der Waals surface area contributed by atoms with Crippen LogP contribution in [0.3, 0.4) is 0 Å². The molecule has 3 aromatic rings. The molecule has 0 spiro atoms. The number of amides is 1. The van der Waals surface area contributed by atoms with Crippen LogP contribution < -0.4 is 4.90 Å². The van der Waals surface area contributed by atoms with Crippen molar-refractivity contribution in [1.82, 2.24) is 14.7 Å². The molecule has 1 aliphatic rings. The van der Waals surface area contributed by atoms with E-state index in [2.05, 4.69) is 36.7 Å². The molecular weight excluding hydrogens is 527 g/mol. The predicted molar refractivity (Wildman–Crippen MR) is 160 cm³/mol. The molecule has 0 atom stereocenters. The molecule has 1 amide bonds. The first-order chi connectivity index (χ1) is 19.0. The maximum Gasteiger partial charge on any atom is 0.407 e. The number of ether oxygens (including phenoxy) is 2. The van der Waals surface area contributed by atoms with Gasteiger partial charge in [-0.05, 0) is 60.7 Å². The van der Waals surface area contributed by atoms with E-state index in [1.165, 1.54) is 17.0 Å². The van der Waals surface area contributed by atoms with Crippen LogP contribution in [0, 0.1) is 5.82 Å². The van der Waals surface area contributed by atoms with Crippen LogP contribution in [0.4, 0.5) is 14.9 Å². The number of carbonyl (C=O) groups is 1. The average Bonchev–Trinajstić information content (AvgIpc) is 3.32. The van der Waals surface area contributed by atoms with Crippen molar-refractivity contribution < 1.29 is 23.8 Å². The van der Waals surface area contributed by atoms with Gasteiger partial charge in [-0.1, -0.05) is 31.8 Å². The largest absolute Gasteiger partial charge is 0.465 e. The Kier molecular flexibility index (Phi) is 9.53. The van der Waals surface area contributed by atoms with Crippen molar-refractivity contribution in [3.8, 4) is 0 Å². The quantitative estimate of drug-likeness (QED) is 0.218. The van der Waals surface area contributed by atoms with Crippen LogP contribution in [0.25, 0.3) is 10.9 Å². The molecule has 0 saturated carbocycles. The second kappa shape index (κ2) is 12.7. The lowest BCUT2D eigenvalue weighted by molar-refractivity contribution is 0.0460. The molecule has 1 N–H and O–H groups in total. The minimum absolute atomic E-state index is 0.284. The second-order valence-electron chi connectivity index (χ2n) is 12.3. The van der Waals surface area contributed by atoms with E-state index in [-0.39, 0.29) is 11.2 Å². The SMILES string of the molecule is CN(C)c1cc(CCOCC2(c3ccc(F)cc3)CCN(C(=O)O)CC2)c2nn(COCC[Si](C)(C)C)cc2c1. The van der Waals surface area contributed by atoms with Crippen LogP contribution in [0.1, 0.15) is 24.0 Å². The first kappa shape index (κ1) is 30.0. The molecule has 2 aromatic carbocycles. The first-order valence-electron chi connectivity index (χ1n) is 14.0. The highest BCUT2D eigenvalue weighted by molar-refractivity contribution is 6.76. The number of halogens is 1. The lowest BCUT2D eigenvalue weighted by atomic mass is 9.73. The number of hydrogen-bond donors (Lipinski definition) is 1. The Morgan fingerprint density at radius 3 is 2.42 bits per heavy atom. The normalized spacial score (nSPS) is 15.5. The smallest absolute Gasteiger partial charge is 0.407 e. The summed E-state index contributed by atoms with van der Waals surface area (Å²) in [6.07, 6.45) is 3.09. The van der Waals surface area contributed by atoms with Gasteiger partial charge in [0.25, 0.3) is 0 Å². The summed E-state index contributed by atoms with van der Waals surface area (Å²) in [5.41, 5.74) is 3.80. The van der Waals surface area contributed by atoms with Gasteiger partial charge in [0.05, 0.1) is 18.7 Å². The van der Waals surface area contributed by atoms with Gasteiger partial charge in [0.15, 0.2) is 0 Å². The third kappa shape index (κ3) is 7.61. The molecule has 10 heteroatoms. The number of aromatic nitrogens is 2. The monoisotopic (exact) mass is 570 g/mol. The number of likely N-dealkylation sites (tertiary alicyclic amines) is 1. The molecule has 0 radical (unpaired) electrons. The molecule has 8 nitrogen and oxygen atoms in total. The number of rotatable bonds is 12. The van der Waals surface area contributed by atoms with Crippen LogP contribution >= 0.6 is 0 Å². The fourth-order valence-electron chi connectivity index (χ4n) is 5.19. The van der Waals surface area contributed by atoms with Crippen molar-refractivity contribution in [3.63, 3.8) is 0 Å². The van der Waals surface area contributed by atoms with E-state index in [9.17, 15) is 14.3 Å². The Morgan fingerprint density at radius 1 is 1.10 bits per heavy atom. The topological polar surface area (TPSA) is 80.1 Å². The van der Waals surface area contributed by atoms with Gasteiger partial charge in [-0.15, -0.1) is 0 Å². The number of hydrogen-bond acceptors (Lipinski definition) is 5. The molecule has 218 valence electrons. The highest BCUT2D eigenvalue weighted by atomic mass is 28.3. The summed E-state index contributed by atoms with van der Waals surface area (Å²) in [6, 6.07) is 12.0. The molecule has 0 bridgehead atoms. The highest BCUT2D eigenvalue weighted by Crippen LogP contribution is 2.36. The summed E-state index contributed by atoms with van der Waals surface area (Å²) >= 11 is 0. The van der Waals surface area contributed by atoms with E-state index < -0.39 is 14.2 Å². The van der Waals surface area contributed by atoms with E-state index in [1.807, 2.05) is 25.0 Å². The zero-order chi connectivity index (χ0) is 28.9. The van der Waals surface area contributed by atoms with Crippen LogP contribution in [-0.2, 0) is 28.0 Å². The zero-order valence-electron chi connectivity index (χ0n) is 24.5. The average molecular weight is 571 g/mol. The van der Waals surface area contributed by atoms with Crippen molar-refractivity contribution in [2.24, 2.45) is 0 Å². The molecule has 2 heterocycles. The van der Waals surface area contributed by atoms with Gasteiger partial charge in [-0.2, -0.15) is 5.10 Å². The number of anilines is 1. The molecule has 1 saturated heterocycles. The molecular formula is C30H43FN4O4Si. The van der Waals surface area contributed by atoms with E-state index in [1.54, 1.807) is 12.1 Å². The number of fused-ring (bicyclic) bond motifs is 1. The van der Waals surface area contributed by atoms with Crippen molar-refractivity contribution in [2.45, 2.75) is 57.1 Å². The lowest BCUT2D eigenvalue weighted by Crippen LogP contribution is -2.47. The first-order valence-corrected chi connectivity index (χ1v) is 17.7. The molecule has 1 aliphatic heterocycles. The number of piperidine rings is 1. The standard InChI is InChI=1S/C30H43FN4O4Si/c1-33(2)27-18-23(28-24(19-27)20-35(32-28)22-39-16-17-40(3,4)5)10-15-38-21-30(25-6-8-26(31)9-7-25)11-13-34(14-12-30)29(36)37/h6-9,18-20H,10-17,21-22H2,1-5H3,(H,36,37). The summed E-state index contributed by atoms with van der Waals surface area (Å²) in [6.45, 7) is 10.0. The number of benzene rings is 2. The lowest BCUT2D eigenvalue weighted by Gasteiger charge is -2.41. The maximum absolute atomic E-state index is 13.7. The number of nitrogens with zero attached hydrogens (tertiary/aromatic N) is 4. The summed E-state index contributed by atoms with van der Waals surface area (Å²) < 4.78 is 27.8. The molecule has 0 unspecified atom stereocenters. The highest BCUT2D eigenvalue weighted by Gasteiger charge is 2.38. The minimum atomic E-state index is -1.15. The van der Waals surface area contributed by atoms with Crippen molar-refractivity contribution in [3.05, 3.63) is 59.5 Å². The summed E-state index contributed by atoms with van der Waals surface area (Å²) in [5.74, 6) is -0.284. The van der Waals surface area contributed by atoms with E-state index in [0.29, 0.717) is 52.3 Å². The Balaban J connectivity index is 1.45. The van der Waals surface area contributed by atoms with Gasteiger partial charge in [-0.25, -0.2) is 13.9 Å². The van der Waals surface area contributed by atoms with Crippen LogP contribution in [0.5, 0.6) is 0 Å². The summed E-state index contributed by atoms with van der Waals surface area (Å²) in [5, 5.41) is 15.3. The van der Waals surface area contributed by atoms with E-state index in [0.717, 1.165) is 40.4 Å². The Labute approximate surface area is 237 Å². The van der Waals surface area contributed by atoms with Crippen molar-refractivity contribution in [1.29, 1.82) is 0 Å². The molecule has 1 fully saturated rings. The third-order valence-corrected chi connectivity index (χ3v) is 9.50. The molecule has 0 aliphatic carbocycles. The number of carboxylic acid groups (broad SMARTS) is 1. The van der Waals surface area contributed by atoms with Gasteiger partial charge in [0.1, 0.15) is 12.5 Å². The van der Waals surface area contributed by atoms with Gasteiger partial charge >= 0.3 is 6.09 Å². The predicted octanol–water partition coefficient (Wildman–Crippen LogP) is 5.82. The summed E-state index contributed by atoms with van der Waals surface area (Å²) in [4.78, 5) is 15.0. The third-order valence-electron chi connectivity index (χ3n) is 7.80.